The summed E-state index contributed by atoms with van der Waals surface area (Å²) in [6.07, 6.45) is 1.09. The highest BCUT2D eigenvalue weighted by Crippen LogP contribution is 2.36. The van der Waals surface area contributed by atoms with Gasteiger partial charge in [0.05, 0.1) is 11.6 Å². The highest BCUT2D eigenvalue weighted by molar-refractivity contribution is 9.10. The lowest BCUT2D eigenvalue weighted by atomic mass is 10.2. The number of benzene rings is 1. The fourth-order valence-corrected chi connectivity index (χ4v) is 2.24. The number of carbonyl (C=O) groups is 1. The van der Waals surface area contributed by atoms with Gasteiger partial charge in [-0.2, -0.15) is 0 Å². The van der Waals surface area contributed by atoms with Gasteiger partial charge in [-0.1, -0.05) is 6.92 Å². The number of likely N-dealkylation sites (N-methyl/N-ethyl adjacent to an activating group) is 1. The Balaban J connectivity index is 2.81. The molecule has 0 fully saturated rings. The van der Waals surface area contributed by atoms with Crippen LogP contribution in [0.25, 0.3) is 0 Å². The number of ether oxygens (including phenoxy) is 2. The molecule has 0 heterocycles. The Hall–Kier alpha value is -1.27. The van der Waals surface area contributed by atoms with Gasteiger partial charge in [0.2, 0.25) is 0 Å². The number of rotatable bonds is 8. The predicted octanol–water partition coefficient (Wildman–Crippen LogP) is 2.08. The Morgan fingerprint density at radius 2 is 2.15 bits per heavy atom. The first kappa shape index (κ1) is 16.8. The van der Waals surface area contributed by atoms with Gasteiger partial charge in [-0.3, -0.25) is 4.79 Å². The molecule has 1 aromatic rings. The first-order valence-corrected chi connectivity index (χ1v) is 7.32. The van der Waals surface area contributed by atoms with E-state index in [9.17, 15) is 4.79 Å². The molecule has 0 aliphatic carbocycles. The molecule has 0 saturated carbocycles. The van der Waals surface area contributed by atoms with Crippen LogP contribution in [-0.4, -0.2) is 33.2 Å². The van der Waals surface area contributed by atoms with E-state index in [0.717, 1.165) is 29.5 Å². The van der Waals surface area contributed by atoms with Crippen LogP contribution in [0, 0.1) is 0 Å². The molecule has 0 aromatic heterocycles. The molecule has 0 radical (unpaired) electrons. The summed E-state index contributed by atoms with van der Waals surface area (Å²) >= 11 is 3.46. The van der Waals surface area contributed by atoms with E-state index in [1.807, 2.05) is 12.1 Å². The van der Waals surface area contributed by atoms with Crippen molar-refractivity contribution < 1.29 is 14.3 Å². The molecule has 0 saturated heterocycles. The monoisotopic (exact) mass is 344 g/mol. The second-order valence-corrected chi connectivity index (χ2v) is 5.10. The number of nitrogens with one attached hydrogen (secondary N) is 2. The Kier molecular flexibility index (Phi) is 7.40. The van der Waals surface area contributed by atoms with Crippen molar-refractivity contribution in [3.05, 3.63) is 22.2 Å². The van der Waals surface area contributed by atoms with Gasteiger partial charge in [0.15, 0.2) is 18.1 Å². The minimum absolute atomic E-state index is 0.0428. The number of halogens is 1. The number of carbonyl (C=O) groups excluding carboxylic acids is 1. The third kappa shape index (κ3) is 5.02. The van der Waals surface area contributed by atoms with Crippen molar-refractivity contribution in [2.24, 2.45) is 0 Å². The van der Waals surface area contributed by atoms with E-state index in [0.29, 0.717) is 11.5 Å². The zero-order chi connectivity index (χ0) is 15.0. The first-order valence-electron chi connectivity index (χ1n) is 6.52. The maximum atomic E-state index is 11.2. The first-order chi connectivity index (χ1) is 9.62. The molecule has 1 amide bonds. The largest absolute Gasteiger partial charge is 0.493 e. The van der Waals surface area contributed by atoms with Crippen LogP contribution in [0.5, 0.6) is 11.5 Å². The second kappa shape index (κ2) is 8.81. The summed E-state index contributed by atoms with van der Waals surface area (Å²) in [4.78, 5) is 11.2. The molecule has 0 unspecified atom stereocenters. The van der Waals surface area contributed by atoms with Gasteiger partial charge < -0.3 is 20.1 Å². The van der Waals surface area contributed by atoms with Crippen LogP contribution in [0.3, 0.4) is 0 Å². The van der Waals surface area contributed by atoms with Gasteiger partial charge in [-0.05, 0) is 46.6 Å². The van der Waals surface area contributed by atoms with Crippen LogP contribution in [0.2, 0.25) is 0 Å². The van der Waals surface area contributed by atoms with E-state index in [-0.39, 0.29) is 12.5 Å². The smallest absolute Gasteiger partial charge is 0.257 e. The van der Waals surface area contributed by atoms with Crippen molar-refractivity contribution in [2.75, 3.05) is 27.3 Å². The average Bonchev–Trinajstić information content (AvgIpc) is 2.45. The van der Waals surface area contributed by atoms with Gasteiger partial charge in [0.1, 0.15) is 0 Å². The summed E-state index contributed by atoms with van der Waals surface area (Å²) in [5.41, 5.74) is 1.09. The fourth-order valence-electron chi connectivity index (χ4n) is 1.63. The summed E-state index contributed by atoms with van der Waals surface area (Å²) in [7, 11) is 3.15. The molecule has 0 spiro atoms. The zero-order valence-electron chi connectivity index (χ0n) is 12.1. The average molecular weight is 345 g/mol. The predicted molar refractivity (Wildman–Crippen MR) is 82.3 cm³/mol. The quantitative estimate of drug-likeness (QED) is 0.709. The SMILES string of the molecule is CCCNCc1cc(Br)c(OCC(=O)NC)c(OC)c1. The Morgan fingerprint density at radius 1 is 1.40 bits per heavy atom. The van der Waals surface area contributed by atoms with Gasteiger partial charge in [0.25, 0.3) is 5.91 Å². The van der Waals surface area contributed by atoms with Crippen LogP contribution in [0.15, 0.2) is 16.6 Å². The van der Waals surface area contributed by atoms with Gasteiger partial charge in [-0.15, -0.1) is 0 Å². The molecule has 0 bridgehead atoms. The van der Waals surface area contributed by atoms with Crippen molar-refractivity contribution in [1.29, 1.82) is 0 Å². The van der Waals surface area contributed by atoms with Crippen molar-refractivity contribution in [3.63, 3.8) is 0 Å². The van der Waals surface area contributed by atoms with E-state index in [1.54, 1.807) is 14.2 Å². The molecule has 6 heteroatoms. The zero-order valence-corrected chi connectivity index (χ0v) is 13.7. The summed E-state index contributed by atoms with van der Waals surface area (Å²) < 4.78 is 11.6. The molecule has 2 N–H and O–H groups in total. The maximum absolute atomic E-state index is 11.2. The van der Waals surface area contributed by atoms with Crippen LogP contribution in [-0.2, 0) is 11.3 Å². The third-order valence-corrected chi connectivity index (χ3v) is 3.26. The van der Waals surface area contributed by atoms with Gasteiger partial charge in [-0.25, -0.2) is 0 Å². The van der Waals surface area contributed by atoms with Crippen molar-refractivity contribution >= 4 is 21.8 Å². The van der Waals surface area contributed by atoms with E-state index in [4.69, 9.17) is 9.47 Å². The van der Waals surface area contributed by atoms with Crippen molar-refractivity contribution in [2.45, 2.75) is 19.9 Å². The second-order valence-electron chi connectivity index (χ2n) is 4.25. The lowest BCUT2D eigenvalue weighted by Crippen LogP contribution is -2.25. The highest BCUT2D eigenvalue weighted by atomic mass is 79.9. The normalized spacial score (nSPS) is 10.2. The minimum Gasteiger partial charge on any atom is -0.493 e. The van der Waals surface area contributed by atoms with E-state index in [1.165, 1.54) is 0 Å². The van der Waals surface area contributed by atoms with Crippen LogP contribution >= 0.6 is 15.9 Å². The summed E-state index contributed by atoms with van der Waals surface area (Å²) in [6, 6.07) is 3.87. The van der Waals surface area contributed by atoms with Crippen LogP contribution in [0.4, 0.5) is 0 Å². The summed E-state index contributed by atoms with van der Waals surface area (Å²) in [5, 5.41) is 5.84. The Bertz CT molecular complexity index is 452. The summed E-state index contributed by atoms with van der Waals surface area (Å²) in [5.74, 6) is 0.958. The molecule has 20 heavy (non-hydrogen) atoms. The molecule has 0 aliphatic rings. The molecule has 112 valence electrons. The molecular weight excluding hydrogens is 324 g/mol. The number of amides is 1. The topological polar surface area (TPSA) is 59.6 Å². The number of hydrogen-bond donors (Lipinski definition) is 2. The lowest BCUT2D eigenvalue weighted by molar-refractivity contribution is -0.122. The van der Waals surface area contributed by atoms with Crippen molar-refractivity contribution in [3.8, 4) is 11.5 Å². The molecule has 1 rings (SSSR count). The Labute approximate surface area is 128 Å². The van der Waals surface area contributed by atoms with E-state index >= 15 is 0 Å². The Morgan fingerprint density at radius 3 is 2.75 bits per heavy atom. The lowest BCUT2D eigenvalue weighted by Gasteiger charge is -2.14. The van der Waals surface area contributed by atoms with E-state index in [2.05, 4.69) is 33.5 Å². The molecule has 0 aliphatic heterocycles. The number of hydrogen-bond acceptors (Lipinski definition) is 4. The van der Waals surface area contributed by atoms with Crippen LogP contribution < -0.4 is 20.1 Å². The number of methoxy groups -OCH3 is 1. The molecular formula is C14H21BrN2O3. The van der Waals surface area contributed by atoms with Crippen LogP contribution in [0.1, 0.15) is 18.9 Å². The highest BCUT2D eigenvalue weighted by Gasteiger charge is 2.13. The van der Waals surface area contributed by atoms with E-state index < -0.39 is 0 Å². The minimum atomic E-state index is -0.187. The molecule has 0 atom stereocenters. The van der Waals surface area contributed by atoms with Gasteiger partial charge in [0, 0.05) is 13.6 Å². The van der Waals surface area contributed by atoms with Gasteiger partial charge >= 0.3 is 0 Å². The summed E-state index contributed by atoms with van der Waals surface area (Å²) in [6.45, 7) is 3.81. The van der Waals surface area contributed by atoms with Crippen molar-refractivity contribution in [1.82, 2.24) is 10.6 Å². The standard InChI is InChI=1S/C14H21BrN2O3/c1-4-5-17-8-10-6-11(15)14(12(7-10)19-3)20-9-13(18)16-2/h6-7,17H,4-5,8-9H2,1-3H3,(H,16,18). The maximum Gasteiger partial charge on any atom is 0.257 e. The molecule has 5 nitrogen and oxygen atoms in total. The third-order valence-electron chi connectivity index (χ3n) is 2.67. The molecule has 1 aromatic carbocycles. The fraction of sp³-hybridized carbons (Fsp3) is 0.500.